The van der Waals surface area contributed by atoms with Crippen LogP contribution in [0.3, 0.4) is 0 Å². The van der Waals surface area contributed by atoms with Crippen LogP contribution in [0.1, 0.15) is 0 Å². The number of fused-ring (bicyclic) bond motifs is 1. The normalized spacial score (nSPS) is 12.7. The Morgan fingerprint density at radius 2 is 1.95 bits per heavy atom. The minimum Gasteiger partial charge on any atom is -0.349 e. The molecule has 0 fully saturated rings. The number of rotatable bonds is 4. The van der Waals surface area contributed by atoms with Crippen molar-refractivity contribution in [3.05, 3.63) is 60.6 Å². The average Bonchev–Trinajstić information content (AvgIpc) is 2.46. The summed E-state index contributed by atoms with van der Waals surface area (Å²) in [6, 6.07) is 6.97. The zero-order chi connectivity index (χ0) is 15.5. The molecule has 2 aromatic rings. The molecule has 1 aromatic carbocycles. The number of halogens is 3. The summed E-state index contributed by atoms with van der Waals surface area (Å²) in [5.41, 5.74) is -1.15. The molecule has 0 bridgehead atoms. The maximum atomic E-state index is 13.1. The molecule has 1 heterocycles. The molecule has 21 heavy (non-hydrogen) atoms. The third-order valence-electron chi connectivity index (χ3n) is 2.88. The zero-order valence-electron chi connectivity index (χ0n) is 10.9. The lowest BCUT2D eigenvalue weighted by Crippen LogP contribution is -2.21. The Hall–Kier alpha value is -2.63. The number of alkyl halides is 3. The third-order valence-corrected chi connectivity index (χ3v) is 2.88. The summed E-state index contributed by atoms with van der Waals surface area (Å²) in [4.78, 5) is 3.92. The van der Waals surface area contributed by atoms with E-state index in [1.807, 2.05) is 0 Å². The van der Waals surface area contributed by atoms with Crippen molar-refractivity contribution in [2.75, 3.05) is 5.32 Å². The van der Waals surface area contributed by atoms with Gasteiger partial charge >= 0.3 is 6.18 Å². The van der Waals surface area contributed by atoms with Crippen molar-refractivity contribution in [3.63, 3.8) is 0 Å². The standard InChI is InChI=1S/C15H12F3N3/c1-2-10(7-19)14(15(16,17)18)21-13-9-20-8-11-5-3-4-6-12(11)13/h2-9,19,21H,1H2/b14-10-,19-7?. The number of allylic oxidation sites excluding steroid dienone is 3. The first-order valence-electron chi connectivity index (χ1n) is 6.01. The molecule has 3 nitrogen and oxygen atoms in total. The van der Waals surface area contributed by atoms with Gasteiger partial charge in [0.15, 0.2) is 0 Å². The first-order chi connectivity index (χ1) is 9.97. The summed E-state index contributed by atoms with van der Waals surface area (Å²) in [6.45, 7) is 3.31. The summed E-state index contributed by atoms with van der Waals surface area (Å²) in [5, 5.41) is 10.8. The molecule has 0 aliphatic rings. The van der Waals surface area contributed by atoms with Gasteiger partial charge in [-0.2, -0.15) is 13.2 Å². The van der Waals surface area contributed by atoms with Crippen molar-refractivity contribution < 1.29 is 13.2 Å². The number of nitrogens with one attached hydrogen (secondary N) is 2. The van der Waals surface area contributed by atoms with Crippen LogP contribution >= 0.6 is 0 Å². The van der Waals surface area contributed by atoms with Gasteiger partial charge in [0.05, 0.1) is 11.9 Å². The molecule has 2 N–H and O–H groups in total. The van der Waals surface area contributed by atoms with Crippen LogP contribution in [0, 0.1) is 5.41 Å². The average molecular weight is 291 g/mol. The predicted octanol–water partition coefficient (Wildman–Crippen LogP) is 4.30. The van der Waals surface area contributed by atoms with Gasteiger partial charge in [-0.1, -0.05) is 36.9 Å². The topological polar surface area (TPSA) is 48.8 Å². The highest BCUT2D eigenvalue weighted by molar-refractivity contribution is 5.94. The summed E-state index contributed by atoms with van der Waals surface area (Å²) in [6.07, 6.45) is -0.137. The van der Waals surface area contributed by atoms with Crippen molar-refractivity contribution >= 4 is 22.7 Å². The van der Waals surface area contributed by atoms with Gasteiger partial charge in [-0.05, 0) is 0 Å². The minimum atomic E-state index is -4.63. The fourth-order valence-electron chi connectivity index (χ4n) is 1.89. The Morgan fingerprint density at radius 3 is 2.57 bits per heavy atom. The fourth-order valence-corrected chi connectivity index (χ4v) is 1.89. The highest BCUT2D eigenvalue weighted by atomic mass is 19.4. The monoisotopic (exact) mass is 291 g/mol. The lowest BCUT2D eigenvalue weighted by atomic mass is 10.1. The van der Waals surface area contributed by atoms with Gasteiger partial charge in [-0.25, -0.2) is 0 Å². The number of nitrogens with zero attached hydrogens (tertiary/aromatic N) is 1. The van der Waals surface area contributed by atoms with Crippen LogP contribution in [0.15, 0.2) is 60.6 Å². The second-order valence-corrected chi connectivity index (χ2v) is 4.21. The molecular formula is C15H12F3N3. The Labute approximate surface area is 119 Å². The molecule has 2 rings (SSSR count). The first-order valence-corrected chi connectivity index (χ1v) is 6.01. The zero-order valence-corrected chi connectivity index (χ0v) is 10.9. The summed E-state index contributed by atoms with van der Waals surface area (Å²) >= 11 is 0. The molecule has 0 atom stereocenters. The van der Waals surface area contributed by atoms with Gasteiger partial charge in [0.2, 0.25) is 0 Å². The second kappa shape index (κ2) is 5.78. The predicted molar refractivity (Wildman–Crippen MR) is 77.4 cm³/mol. The number of pyridine rings is 1. The summed E-state index contributed by atoms with van der Waals surface area (Å²) < 4.78 is 39.4. The van der Waals surface area contributed by atoms with Crippen LogP contribution in [0.5, 0.6) is 0 Å². The summed E-state index contributed by atoms with van der Waals surface area (Å²) in [5.74, 6) is 0. The minimum absolute atomic E-state index is 0.224. The van der Waals surface area contributed by atoms with E-state index in [0.717, 1.165) is 11.5 Å². The molecule has 0 spiro atoms. The van der Waals surface area contributed by atoms with Crippen molar-refractivity contribution in [1.82, 2.24) is 4.98 Å². The van der Waals surface area contributed by atoms with E-state index in [1.54, 1.807) is 30.5 Å². The number of benzene rings is 1. The number of aromatic nitrogens is 1. The van der Waals surface area contributed by atoms with E-state index in [0.29, 0.717) is 11.6 Å². The Balaban J connectivity index is 2.57. The molecule has 0 unspecified atom stereocenters. The van der Waals surface area contributed by atoms with Crippen LogP contribution in [0.2, 0.25) is 0 Å². The van der Waals surface area contributed by atoms with Crippen molar-refractivity contribution in [2.45, 2.75) is 6.18 Å². The second-order valence-electron chi connectivity index (χ2n) is 4.21. The maximum Gasteiger partial charge on any atom is 0.431 e. The lowest BCUT2D eigenvalue weighted by molar-refractivity contribution is -0.0905. The van der Waals surface area contributed by atoms with Crippen LogP contribution in [0.25, 0.3) is 10.8 Å². The highest BCUT2D eigenvalue weighted by Crippen LogP contribution is 2.31. The molecule has 6 heteroatoms. The van der Waals surface area contributed by atoms with Crippen molar-refractivity contribution in [2.24, 2.45) is 0 Å². The van der Waals surface area contributed by atoms with Crippen molar-refractivity contribution in [1.29, 1.82) is 5.41 Å². The maximum absolute atomic E-state index is 13.1. The fraction of sp³-hybridized carbons (Fsp3) is 0.0667. The summed E-state index contributed by atoms with van der Waals surface area (Å²) in [7, 11) is 0. The quantitative estimate of drug-likeness (QED) is 0.652. The van der Waals surface area contributed by atoms with Crippen LogP contribution in [0.4, 0.5) is 18.9 Å². The Kier molecular flexibility index (Phi) is 4.07. The van der Waals surface area contributed by atoms with Gasteiger partial charge in [-0.3, -0.25) is 4.98 Å². The smallest absolute Gasteiger partial charge is 0.349 e. The highest BCUT2D eigenvalue weighted by Gasteiger charge is 2.36. The van der Waals surface area contributed by atoms with Gasteiger partial charge in [-0.15, -0.1) is 0 Å². The molecule has 108 valence electrons. The Bertz CT molecular complexity index is 702. The molecular weight excluding hydrogens is 279 g/mol. The van der Waals surface area contributed by atoms with E-state index in [-0.39, 0.29) is 11.3 Å². The van der Waals surface area contributed by atoms with E-state index in [4.69, 9.17) is 5.41 Å². The van der Waals surface area contributed by atoms with E-state index in [9.17, 15) is 13.2 Å². The molecule has 0 aliphatic heterocycles. The van der Waals surface area contributed by atoms with Crippen molar-refractivity contribution in [3.8, 4) is 0 Å². The van der Waals surface area contributed by atoms with Gasteiger partial charge < -0.3 is 10.7 Å². The Morgan fingerprint density at radius 1 is 1.24 bits per heavy atom. The molecule has 1 aromatic heterocycles. The van der Waals surface area contributed by atoms with Gasteiger partial charge in [0.25, 0.3) is 0 Å². The SMILES string of the molecule is C=C/C(C=N)=C(/Nc1cncc2ccccc12)C(F)(F)F. The lowest BCUT2D eigenvalue weighted by Gasteiger charge is -2.17. The number of hydrogen-bond donors (Lipinski definition) is 2. The van der Waals surface area contributed by atoms with E-state index in [1.165, 1.54) is 6.20 Å². The van der Waals surface area contributed by atoms with E-state index < -0.39 is 11.9 Å². The van der Waals surface area contributed by atoms with E-state index >= 15 is 0 Å². The van der Waals surface area contributed by atoms with Crippen LogP contribution < -0.4 is 5.32 Å². The first kappa shape index (κ1) is 14.8. The number of anilines is 1. The number of hydrogen-bond acceptors (Lipinski definition) is 3. The molecule has 0 saturated heterocycles. The third kappa shape index (κ3) is 3.10. The molecule has 0 saturated carbocycles. The van der Waals surface area contributed by atoms with Gasteiger partial charge in [0, 0.05) is 28.8 Å². The van der Waals surface area contributed by atoms with Gasteiger partial charge in [0.1, 0.15) is 5.70 Å². The molecule has 0 amide bonds. The van der Waals surface area contributed by atoms with E-state index in [2.05, 4.69) is 16.9 Å². The molecule has 0 radical (unpaired) electrons. The largest absolute Gasteiger partial charge is 0.431 e. The van der Waals surface area contributed by atoms with Crippen LogP contribution in [-0.4, -0.2) is 17.4 Å². The molecule has 0 aliphatic carbocycles. The van der Waals surface area contributed by atoms with Crippen LogP contribution in [-0.2, 0) is 0 Å².